The van der Waals surface area contributed by atoms with Crippen LogP contribution in [0.4, 0.5) is 0 Å². The molecule has 0 N–H and O–H groups in total. The molecular weight excluding hydrogens is 248 g/mol. The van der Waals surface area contributed by atoms with Crippen LogP contribution >= 0.6 is 0 Å². The van der Waals surface area contributed by atoms with E-state index in [4.69, 9.17) is 13.9 Å². The predicted molar refractivity (Wildman–Crippen MR) is 72.6 cm³/mol. The van der Waals surface area contributed by atoms with Crippen molar-refractivity contribution in [3.05, 3.63) is 11.3 Å². The van der Waals surface area contributed by atoms with E-state index in [9.17, 15) is 4.79 Å². The number of rotatable bonds is 2. The lowest BCUT2D eigenvalue weighted by molar-refractivity contribution is -0.132. The molecule has 0 aromatic heterocycles. The average molecular weight is 272 g/mol. The lowest BCUT2D eigenvalue weighted by Gasteiger charge is -2.25. The fourth-order valence-corrected chi connectivity index (χ4v) is 2.38. The lowest BCUT2D eigenvalue weighted by atomic mass is 9.85. The molecule has 0 saturated carbocycles. The Hall–Kier alpha value is -0.813. The molecule has 0 aromatic carbocycles. The van der Waals surface area contributed by atoms with Crippen molar-refractivity contribution in [2.45, 2.75) is 53.5 Å². The van der Waals surface area contributed by atoms with Gasteiger partial charge in [0.25, 0.3) is 0 Å². The molecule has 1 rings (SSSR count). The second-order valence-electron chi connectivity index (χ2n) is 6.29. The highest BCUT2D eigenvalue weighted by Crippen LogP contribution is 2.35. The molecule has 0 unspecified atom stereocenters. The van der Waals surface area contributed by atoms with Crippen LogP contribution in [0.5, 0.6) is 0 Å². The Labute approximate surface area is 111 Å². The Balaban J connectivity index is 3.08. The molecule has 0 bridgehead atoms. The normalized spacial score (nSPS) is 21.8. The van der Waals surface area contributed by atoms with Gasteiger partial charge < -0.3 is 13.9 Å². The van der Waals surface area contributed by atoms with Crippen LogP contribution in [0.2, 0.25) is 13.1 Å². The predicted octanol–water partition coefficient (Wildman–Crippen LogP) is 2.60. The van der Waals surface area contributed by atoms with Gasteiger partial charge in [-0.1, -0.05) is 20.8 Å². The minimum absolute atomic E-state index is 0.263. The van der Waals surface area contributed by atoms with Crippen LogP contribution in [0.3, 0.4) is 0 Å². The summed E-state index contributed by atoms with van der Waals surface area (Å²) in [5, 5.41) is 0. The molecule has 0 radical (unpaired) electrons. The molecule has 5 heteroatoms. The van der Waals surface area contributed by atoms with E-state index in [1.54, 1.807) is 0 Å². The summed E-state index contributed by atoms with van der Waals surface area (Å²) in [5.74, 6) is -0.325. The van der Waals surface area contributed by atoms with E-state index in [0.29, 0.717) is 17.9 Å². The van der Waals surface area contributed by atoms with Crippen molar-refractivity contribution < 1.29 is 18.7 Å². The summed E-state index contributed by atoms with van der Waals surface area (Å²) in [7, 11) is -1.41. The topological polar surface area (TPSA) is 44.8 Å². The largest absolute Gasteiger partial charge is 0.519 e. The maximum absolute atomic E-state index is 12.2. The Kier molecular flexibility index (Phi) is 4.28. The number of hydrogen-bond acceptors (Lipinski definition) is 4. The third-order valence-electron chi connectivity index (χ3n) is 2.50. The molecule has 104 valence electrons. The molecule has 1 aliphatic rings. The molecule has 1 saturated heterocycles. The molecule has 0 atom stereocenters. The Morgan fingerprint density at radius 3 is 2.22 bits per heavy atom. The van der Waals surface area contributed by atoms with E-state index in [0.717, 1.165) is 0 Å². The summed E-state index contributed by atoms with van der Waals surface area (Å²) >= 11 is 0. The maximum Gasteiger partial charge on any atom is 0.324 e. The van der Waals surface area contributed by atoms with Crippen LogP contribution in [0.1, 0.15) is 34.6 Å². The highest BCUT2D eigenvalue weighted by molar-refractivity contribution is 6.51. The number of ether oxygens (including phenoxy) is 2. The quantitative estimate of drug-likeness (QED) is 0.572. The van der Waals surface area contributed by atoms with Gasteiger partial charge in [0.2, 0.25) is 14.8 Å². The van der Waals surface area contributed by atoms with Crippen molar-refractivity contribution >= 4 is 15.0 Å². The highest BCUT2D eigenvalue weighted by Gasteiger charge is 2.37. The molecule has 0 amide bonds. The fraction of sp³-hybridized carbons (Fsp3) is 0.769. The Morgan fingerprint density at radius 2 is 1.89 bits per heavy atom. The number of carbonyl (C=O) groups excluding carboxylic acids is 1. The van der Waals surface area contributed by atoms with Crippen molar-refractivity contribution in [2.75, 3.05) is 6.61 Å². The van der Waals surface area contributed by atoms with Gasteiger partial charge >= 0.3 is 5.97 Å². The lowest BCUT2D eigenvalue weighted by Crippen LogP contribution is -2.27. The Morgan fingerprint density at radius 1 is 1.33 bits per heavy atom. The Bertz CT molecular complexity index is 364. The molecular formula is C13H24O4Si. The zero-order valence-electron chi connectivity index (χ0n) is 12.4. The van der Waals surface area contributed by atoms with E-state index in [1.165, 1.54) is 0 Å². The minimum atomic E-state index is -1.41. The van der Waals surface area contributed by atoms with Crippen LogP contribution in [-0.2, 0) is 18.7 Å². The van der Waals surface area contributed by atoms with Crippen LogP contribution in [0.25, 0.3) is 0 Å². The molecule has 1 heterocycles. The minimum Gasteiger partial charge on any atom is -0.519 e. The summed E-state index contributed by atoms with van der Waals surface area (Å²) in [6, 6.07) is 0. The van der Waals surface area contributed by atoms with Gasteiger partial charge in [0.05, 0.1) is 5.57 Å². The molecule has 1 aliphatic heterocycles. The van der Waals surface area contributed by atoms with Gasteiger partial charge in [-0.3, -0.25) is 0 Å². The summed E-state index contributed by atoms with van der Waals surface area (Å²) in [6.45, 7) is 13.9. The van der Waals surface area contributed by atoms with Crippen LogP contribution < -0.4 is 0 Å². The van der Waals surface area contributed by atoms with Gasteiger partial charge in [-0.25, -0.2) is 4.79 Å². The van der Waals surface area contributed by atoms with Gasteiger partial charge in [-0.2, -0.15) is 0 Å². The van der Waals surface area contributed by atoms with E-state index >= 15 is 0 Å². The first-order chi connectivity index (χ1) is 8.03. The number of carbonyl (C=O) groups is 1. The molecule has 0 aromatic rings. The third kappa shape index (κ3) is 3.85. The smallest absolute Gasteiger partial charge is 0.324 e. The van der Waals surface area contributed by atoms with Crippen molar-refractivity contribution in [3.8, 4) is 0 Å². The van der Waals surface area contributed by atoms with Crippen LogP contribution in [-0.4, -0.2) is 27.4 Å². The van der Waals surface area contributed by atoms with Crippen molar-refractivity contribution in [1.29, 1.82) is 0 Å². The zero-order chi connectivity index (χ0) is 14.1. The summed E-state index contributed by atoms with van der Waals surface area (Å²) in [4.78, 5) is 12.2. The molecule has 0 spiro atoms. The molecule has 4 nitrogen and oxygen atoms in total. The third-order valence-corrected chi connectivity index (χ3v) is 3.18. The first-order valence-corrected chi connectivity index (χ1v) is 9.08. The van der Waals surface area contributed by atoms with Gasteiger partial charge in [-0.15, -0.1) is 0 Å². The average Bonchev–Trinajstić information content (AvgIpc) is 2.41. The molecule has 0 aliphatic carbocycles. The molecule has 18 heavy (non-hydrogen) atoms. The highest BCUT2D eigenvalue weighted by atomic mass is 28.3. The summed E-state index contributed by atoms with van der Waals surface area (Å²) in [5.41, 5.74) is 0.272. The van der Waals surface area contributed by atoms with E-state index in [-0.39, 0.29) is 11.4 Å². The van der Waals surface area contributed by atoms with Crippen molar-refractivity contribution in [1.82, 2.24) is 0 Å². The van der Waals surface area contributed by atoms with E-state index in [2.05, 4.69) is 0 Å². The van der Waals surface area contributed by atoms with Gasteiger partial charge in [0.1, 0.15) is 12.4 Å². The van der Waals surface area contributed by atoms with E-state index in [1.807, 2.05) is 47.7 Å². The summed E-state index contributed by atoms with van der Waals surface area (Å²) < 4.78 is 16.6. The molecule has 1 fully saturated rings. The maximum atomic E-state index is 12.2. The van der Waals surface area contributed by atoms with Gasteiger partial charge in [0, 0.05) is 13.8 Å². The van der Waals surface area contributed by atoms with Gasteiger partial charge in [0.15, 0.2) is 0 Å². The first kappa shape index (κ1) is 15.2. The standard InChI is InChI=1S/C13H24O4Si/c1-12(2,3)10(11(14)17-18(6)7)9-8-15-13(4,5)16-9/h18H,8H2,1-7H3/b10-9+. The zero-order valence-corrected chi connectivity index (χ0v) is 13.6. The second-order valence-corrected chi connectivity index (χ2v) is 8.63. The van der Waals surface area contributed by atoms with Crippen molar-refractivity contribution in [3.63, 3.8) is 0 Å². The van der Waals surface area contributed by atoms with Crippen LogP contribution in [0, 0.1) is 5.41 Å². The fourth-order valence-electron chi connectivity index (χ4n) is 1.83. The van der Waals surface area contributed by atoms with Crippen molar-refractivity contribution in [2.24, 2.45) is 5.41 Å². The monoisotopic (exact) mass is 272 g/mol. The SMILES string of the molecule is C[SiH](C)OC(=O)/C(=C1/COC(C)(C)O1)C(C)(C)C. The van der Waals surface area contributed by atoms with E-state index < -0.39 is 14.8 Å². The first-order valence-electron chi connectivity index (χ1n) is 6.30. The second kappa shape index (κ2) is 5.05. The number of hydrogen-bond donors (Lipinski definition) is 0. The summed E-state index contributed by atoms with van der Waals surface area (Å²) in [6.07, 6.45) is 0. The van der Waals surface area contributed by atoms with Gasteiger partial charge in [-0.05, 0) is 18.5 Å². The van der Waals surface area contributed by atoms with Crippen LogP contribution in [0.15, 0.2) is 11.3 Å².